The van der Waals surface area contributed by atoms with Crippen molar-refractivity contribution in [3.63, 3.8) is 0 Å². The van der Waals surface area contributed by atoms with Crippen LogP contribution in [0.1, 0.15) is 59.1 Å². The van der Waals surface area contributed by atoms with Gasteiger partial charge in [-0.3, -0.25) is 9.88 Å². The van der Waals surface area contributed by atoms with Crippen LogP contribution in [0.15, 0.2) is 18.3 Å². The maximum Gasteiger partial charge on any atom is 0.0564 e. The zero-order valence-electron chi connectivity index (χ0n) is 13.7. The highest BCUT2D eigenvalue weighted by Crippen LogP contribution is 2.13. The zero-order valence-corrected chi connectivity index (χ0v) is 13.7. The molecule has 20 heavy (non-hydrogen) atoms. The van der Waals surface area contributed by atoms with Gasteiger partial charge in [0.25, 0.3) is 0 Å². The van der Waals surface area contributed by atoms with Crippen LogP contribution in [-0.4, -0.2) is 29.0 Å². The van der Waals surface area contributed by atoms with Crippen LogP contribution in [0.3, 0.4) is 0 Å². The summed E-state index contributed by atoms with van der Waals surface area (Å²) in [6.45, 7) is 12.1. The van der Waals surface area contributed by atoms with Crippen LogP contribution in [0.5, 0.6) is 0 Å². The minimum atomic E-state index is 0.570. The van der Waals surface area contributed by atoms with Gasteiger partial charge in [-0.15, -0.1) is 0 Å². The van der Waals surface area contributed by atoms with Gasteiger partial charge in [0.2, 0.25) is 0 Å². The summed E-state index contributed by atoms with van der Waals surface area (Å²) < 4.78 is 0. The number of pyridine rings is 1. The lowest BCUT2D eigenvalue weighted by Crippen LogP contribution is -2.31. The fraction of sp³-hybridized carbons (Fsp3) is 0.706. The van der Waals surface area contributed by atoms with Gasteiger partial charge < -0.3 is 5.32 Å². The lowest BCUT2D eigenvalue weighted by molar-refractivity contribution is 0.206. The van der Waals surface area contributed by atoms with Gasteiger partial charge >= 0.3 is 0 Å². The standard InChI is InChI=1S/C17H31N3/c1-5-7-8-12-20(15(3)4)14-17-13-16(9-11-19-17)18-10-6-2/h9,11,13,15H,5-8,10,12,14H2,1-4H3,(H,18,19). The lowest BCUT2D eigenvalue weighted by Gasteiger charge is -2.26. The van der Waals surface area contributed by atoms with Crippen molar-refractivity contribution in [1.82, 2.24) is 9.88 Å². The maximum absolute atomic E-state index is 4.52. The summed E-state index contributed by atoms with van der Waals surface area (Å²) in [7, 11) is 0. The van der Waals surface area contributed by atoms with Crippen molar-refractivity contribution >= 4 is 5.69 Å². The Kier molecular flexibility index (Phi) is 8.28. The monoisotopic (exact) mass is 277 g/mol. The van der Waals surface area contributed by atoms with E-state index in [4.69, 9.17) is 0 Å². The first-order valence-electron chi connectivity index (χ1n) is 8.10. The zero-order chi connectivity index (χ0) is 14.8. The minimum absolute atomic E-state index is 0.570. The molecule has 1 rings (SSSR count). The molecule has 0 fully saturated rings. The molecular formula is C17H31N3. The van der Waals surface area contributed by atoms with Crippen LogP contribution in [0, 0.1) is 0 Å². The fourth-order valence-electron chi connectivity index (χ4n) is 2.24. The van der Waals surface area contributed by atoms with E-state index in [0.29, 0.717) is 6.04 Å². The van der Waals surface area contributed by atoms with Gasteiger partial charge in [0.1, 0.15) is 0 Å². The Morgan fingerprint density at radius 1 is 1.20 bits per heavy atom. The van der Waals surface area contributed by atoms with Crippen molar-refractivity contribution in [2.75, 3.05) is 18.4 Å². The molecule has 0 radical (unpaired) electrons. The number of anilines is 1. The minimum Gasteiger partial charge on any atom is -0.385 e. The van der Waals surface area contributed by atoms with Gasteiger partial charge in [-0.05, 0) is 45.4 Å². The summed E-state index contributed by atoms with van der Waals surface area (Å²) in [5, 5.41) is 3.43. The molecule has 0 spiro atoms. The molecule has 0 aliphatic carbocycles. The number of nitrogens with one attached hydrogen (secondary N) is 1. The Hall–Kier alpha value is -1.09. The van der Waals surface area contributed by atoms with Crippen molar-refractivity contribution in [2.45, 2.75) is 66.0 Å². The average Bonchev–Trinajstić information content (AvgIpc) is 2.44. The second kappa shape index (κ2) is 9.76. The third-order valence-corrected chi connectivity index (χ3v) is 3.54. The molecule has 1 heterocycles. The average molecular weight is 277 g/mol. The third-order valence-electron chi connectivity index (χ3n) is 3.54. The third kappa shape index (κ3) is 6.38. The molecule has 3 nitrogen and oxygen atoms in total. The van der Waals surface area contributed by atoms with Gasteiger partial charge in [0.05, 0.1) is 5.69 Å². The molecule has 1 aromatic rings. The Morgan fingerprint density at radius 2 is 2.00 bits per heavy atom. The van der Waals surface area contributed by atoms with E-state index in [-0.39, 0.29) is 0 Å². The second-order valence-corrected chi connectivity index (χ2v) is 5.73. The summed E-state index contributed by atoms with van der Waals surface area (Å²) in [5.74, 6) is 0. The number of nitrogens with zero attached hydrogens (tertiary/aromatic N) is 2. The van der Waals surface area contributed by atoms with Crippen LogP contribution >= 0.6 is 0 Å². The Labute approximate surface area is 124 Å². The molecule has 0 saturated carbocycles. The molecule has 0 aliphatic heterocycles. The van der Waals surface area contributed by atoms with Crippen LogP contribution < -0.4 is 5.32 Å². The van der Waals surface area contributed by atoms with Gasteiger partial charge in [-0.25, -0.2) is 0 Å². The summed E-state index contributed by atoms with van der Waals surface area (Å²) in [4.78, 5) is 7.03. The molecule has 0 amide bonds. The highest BCUT2D eigenvalue weighted by Gasteiger charge is 2.10. The van der Waals surface area contributed by atoms with Crippen LogP contribution in [0.4, 0.5) is 5.69 Å². The predicted molar refractivity (Wildman–Crippen MR) is 88.1 cm³/mol. The van der Waals surface area contributed by atoms with Crippen molar-refractivity contribution in [2.24, 2.45) is 0 Å². The molecular weight excluding hydrogens is 246 g/mol. The summed E-state index contributed by atoms with van der Waals surface area (Å²) in [6, 6.07) is 4.81. The molecule has 0 aliphatic rings. The molecule has 0 unspecified atom stereocenters. The largest absolute Gasteiger partial charge is 0.385 e. The van der Waals surface area contributed by atoms with Gasteiger partial charge in [-0.2, -0.15) is 0 Å². The van der Waals surface area contributed by atoms with E-state index in [1.165, 1.54) is 31.5 Å². The highest BCUT2D eigenvalue weighted by atomic mass is 15.1. The first kappa shape index (κ1) is 17.0. The number of unbranched alkanes of at least 4 members (excludes halogenated alkanes) is 2. The lowest BCUT2D eigenvalue weighted by atomic mass is 10.2. The van der Waals surface area contributed by atoms with Crippen molar-refractivity contribution < 1.29 is 0 Å². The van der Waals surface area contributed by atoms with Crippen LogP contribution in [0.25, 0.3) is 0 Å². The summed E-state index contributed by atoms with van der Waals surface area (Å²) in [5.41, 5.74) is 2.35. The van der Waals surface area contributed by atoms with Crippen LogP contribution in [-0.2, 0) is 6.54 Å². The van der Waals surface area contributed by atoms with E-state index in [0.717, 1.165) is 25.2 Å². The van der Waals surface area contributed by atoms with E-state index in [9.17, 15) is 0 Å². The first-order valence-corrected chi connectivity index (χ1v) is 8.10. The summed E-state index contributed by atoms with van der Waals surface area (Å²) >= 11 is 0. The first-order chi connectivity index (χ1) is 9.67. The van der Waals surface area contributed by atoms with Crippen molar-refractivity contribution in [3.8, 4) is 0 Å². The fourth-order valence-corrected chi connectivity index (χ4v) is 2.24. The second-order valence-electron chi connectivity index (χ2n) is 5.73. The van der Waals surface area contributed by atoms with Crippen molar-refractivity contribution in [3.05, 3.63) is 24.0 Å². The van der Waals surface area contributed by atoms with Gasteiger partial charge in [0.15, 0.2) is 0 Å². The highest BCUT2D eigenvalue weighted by molar-refractivity contribution is 5.43. The van der Waals surface area contributed by atoms with E-state index in [1.807, 2.05) is 6.20 Å². The van der Waals surface area contributed by atoms with E-state index < -0.39 is 0 Å². The normalized spacial score (nSPS) is 11.3. The smallest absolute Gasteiger partial charge is 0.0564 e. The summed E-state index contributed by atoms with van der Waals surface area (Å²) in [6.07, 6.45) is 6.93. The molecule has 0 saturated heterocycles. The van der Waals surface area contributed by atoms with Gasteiger partial charge in [-0.1, -0.05) is 26.7 Å². The number of hydrogen-bond acceptors (Lipinski definition) is 3. The predicted octanol–water partition coefficient (Wildman–Crippen LogP) is 4.30. The maximum atomic E-state index is 4.52. The Bertz CT molecular complexity index is 363. The number of rotatable bonds is 10. The van der Waals surface area contributed by atoms with E-state index in [1.54, 1.807) is 0 Å². The number of hydrogen-bond donors (Lipinski definition) is 1. The molecule has 0 atom stereocenters. The van der Waals surface area contributed by atoms with E-state index in [2.05, 4.69) is 55.0 Å². The SMILES string of the molecule is CCCCCN(Cc1cc(NCCC)ccn1)C(C)C. The van der Waals surface area contributed by atoms with Crippen molar-refractivity contribution in [1.29, 1.82) is 0 Å². The molecule has 1 N–H and O–H groups in total. The molecule has 114 valence electrons. The molecule has 0 aromatic carbocycles. The quantitative estimate of drug-likeness (QED) is 0.646. The Morgan fingerprint density at radius 3 is 2.65 bits per heavy atom. The molecule has 0 bridgehead atoms. The van der Waals surface area contributed by atoms with Crippen LogP contribution in [0.2, 0.25) is 0 Å². The molecule has 3 heteroatoms. The van der Waals surface area contributed by atoms with Gasteiger partial charge in [0, 0.05) is 31.0 Å². The molecule has 1 aromatic heterocycles. The van der Waals surface area contributed by atoms with E-state index >= 15 is 0 Å². The number of aromatic nitrogens is 1. The Balaban J connectivity index is 2.58. The topological polar surface area (TPSA) is 28.2 Å².